The molecule has 1 N–H and O–H groups in total. The van der Waals surface area contributed by atoms with Crippen molar-refractivity contribution in [1.29, 1.82) is 0 Å². The average molecular weight is 190 g/mol. The highest BCUT2D eigenvalue weighted by molar-refractivity contribution is 5.38. The van der Waals surface area contributed by atoms with Crippen LogP contribution in [0.25, 0.3) is 0 Å². The van der Waals surface area contributed by atoms with Gasteiger partial charge < -0.3 is 9.84 Å². The zero-order valence-corrected chi connectivity index (χ0v) is 8.40. The van der Waals surface area contributed by atoms with Crippen LogP contribution in [0.3, 0.4) is 0 Å². The minimum Gasteiger partial charge on any atom is -0.382 e. The van der Waals surface area contributed by atoms with Gasteiger partial charge in [0.05, 0.1) is 6.10 Å². The van der Waals surface area contributed by atoms with Gasteiger partial charge in [-0.15, -0.1) is 0 Å². The minimum absolute atomic E-state index is 0.0277. The van der Waals surface area contributed by atoms with Crippen molar-refractivity contribution in [2.45, 2.75) is 31.7 Å². The van der Waals surface area contributed by atoms with Crippen LogP contribution in [0.5, 0.6) is 0 Å². The summed E-state index contributed by atoms with van der Waals surface area (Å²) in [4.78, 5) is 0. The lowest BCUT2D eigenvalue weighted by Crippen LogP contribution is -2.59. The number of epoxide rings is 1. The molecule has 0 radical (unpaired) electrons. The van der Waals surface area contributed by atoms with Crippen LogP contribution in [0, 0.1) is 5.41 Å². The number of fused-ring (bicyclic) bond motifs is 1. The molecule has 1 aromatic rings. The summed E-state index contributed by atoms with van der Waals surface area (Å²) in [7, 11) is 0. The molecule has 0 amide bonds. The van der Waals surface area contributed by atoms with Crippen LogP contribution in [0.15, 0.2) is 30.3 Å². The van der Waals surface area contributed by atoms with Gasteiger partial charge in [-0.1, -0.05) is 44.2 Å². The zero-order chi connectivity index (χ0) is 9.97. The molecule has 0 spiro atoms. The summed E-state index contributed by atoms with van der Waals surface area (Å²) in [6.07, 6.45) is 0.285. The van der Waals surface area contributed by atoms with E-state index in [2.05, 4.69) is 13.8 Å². The molecule has 1 aliphatic heterocycles. The van der Waals surface area contributed by atoms with Crippen LogP contribution in [-0.4, -0.2) is 17.3 Å². The Morgan fingerprint density at radius 2 is 1.79 bits per heavy atom. The average Bonchev–Trinajstić information content (AvgIpc) is 2.96. The first kappa shape index (κ1) is 8.45. The lowest BCUT2D eigenvalue weighted by Gasteiger charge is -2.48. The summed E-state index contributed by atoms with van der Waals surface area (Å²) in [6.45, 7) is 4.13. The molecule has 2 aliphatic rings. The molecule has 2 heteroatoms. The Kier molecular flexibility index (Phi) is 1.33. The topological polar surface area (TPSA) is 32.8 Å². The zero-order valence-electron chi connectivity index (χ0n) is 8.40. The van der Waals surface area contributed by atoms with E-state index >= 15 is 0 Å². The third-order valence-electron chi connectivity index (χ3n) is 3.81. The van der Waals surface area contributed by atoms with E-state index in [1.54, 1.807) is 0 Å². The third-order valence-corrected chi connectivity index (χ3v) is 3.81. The fraction of sp³-hybridized carbons (Fsp3) is 0.500. The summed E-state index contributed by atoms with van der Waals surface area (Å²) in [6, 6.07) is 9.82. The molecule has 3 rings (SSSR count). The van der Waals surface area contributed by atoms with Crippen LogP contribution in [-0.2, 0) is 10.3 Å². The van der Waals surface area contributed by atoms with Crippen LogP contribution in [0.1, 0.15) is 19.4 Å². The highest BCUT2D eigenvalue weighted by Gasteiger charge is 2.78. The van der Waals surface area contributed by atoms with E-state index in [1.165, 1.54) is 0 Å². The Balaban J connectivity index is 2.06. The fourth-order valence-corrected chi connectivity index (χ4v) is 2.69. The lowest BCUT2D eigenvalue weighted by atomic mass is 9.56. The largest absolute Gasteiger partial charge is 0.382 e. The van der Waals surface area contributed by atoms with E-state index in [0.29, 0.717) is 0 Å². The van der Waals surface area contributed by atoms with Gasteiger partial charge in [0.15, 0.2) is 0 Å². The molecular weight excluding hydrogens is 176 g/mol. The van der Waals surface area contributed by atoms with Crippen molar-refractivity contribution >= 4 is 0 Å². The molecule has 74 valence electrons. The minimum atomic E-state index is -0.779. The summed E-state index contributed by atoms with van der Waals surface area (Å²) >= 11 is 0. The van der Waals surface area contributed by atoms with Crippen molar-refractivity contribution in [3.63, 3.8) is 0 Å². The van der Waals surface area contributed by atoms with Crippen molar-refractivity contribution in [3.05, 3.63) is 35.9 Å². The Morgan fingerprint density at radius 3 is 2.29 bits per heavy atom. The van der Waals surface area contributed by atoms with Gasteiger partial charge in [0.25, 0.3) is 0 Å². The SMILES string of the molecule is CC1(C)[C@@H]2O[C@@H]2[C@@]1(O)c1ccccc1. The Hall–Kier alpha value is -0.860. The molecule has 1 heterocycles. The highest BCUT2D eigenvalue weighted by Crippen LogP contribution is 2.67. The standard InChI is InChI=1S/C12H14O2/c1-11(2)9-10(14-9)12(11,13)8-6-4-3-5-7-8/h3-7,9-10,13H,1-2H3/t9-,10+,12+/m1/s1. The van der Waals surface area contributed by atoms with E-state index in [4.69, 9.17) is 4.74 Å². The molecule has 0 bridgehead atoms. The molecule has 1 aliphatic carbocycles. The Morgan fingerprint density at radius 1 is 1.14 bits per heavy atom. The molecule has 3 atom stereocenters. The molecule has 1 aromatic carbocycles. The Bertz CT molecular complexity index is 371. The van der Waals surface area contributed by atoms with Crippen LogP contribution >= 0.6 is 0 Å². The van der Waals surface area contributed by atoms with E-state index in [0.717, 1.165) is 5.56 Å². The Labute approximate surface area is 83.5 Å². The van der Waals surface area contributed by atoms with Gasteiger partial charge in [-0.2, -0.15) is 0 Å². The molecule has 2 fully saturated rings. The van der Waals surface area contributed by atoms with Gasteiger partial charge in [-0.05, 0) is 5.56 Å². The van der Waals surface area contributed by atoms with Gasteiger partial charge in [0.2, 0.25) is 0 Å². The number of benzene rings is 1. The van der Waals surface area contributed by atoms with Gasteiger partial charge in [-0.3, -0.25) is 0 Å². The number of hydrogen-bond acceptors (Lipinski definition) is 2. The molecule has 2 nitrogen and oxygen atoms in total. The fourth-order valence-electron chi connectivity index (χ4n) is 2.69. The number of hydrogen-bond donors (Lipinski definition) is 1. The van der Waals surface area contributed by atoms with E-state index < -0.39 is 5.60 Å². The molecule has 0 aromatic heterocycles. The smallest absolute Gasteiger partial charge is 0.126 e. The maximum absolute atomic E-state index is 10.6. The molecule has 1 saturated heterocycles. The van der Waals surface area contributed by atoms with Crippen LogP contribution in [0.4, 0.5) is 0 Å². The summed E-state index contributed by atoms with van der Waals surface area (Å²) in [5.41, 5.74) is 0.0431. The molecule has 0 unspecified atom stereocenters. The molecular formula is C12H14O2. The van der Waals surface area contributed by atoms with Gasteiger partial charge in [-0.25, -0.2) is 0 Å². The van der Waals surface area contributed by atoms with Crippen molar-refractivity contribution in [3.8, 4) is 0 Å². The van der Waals surface area contributed by atoms with E-state index in [9.17, 15) is 5.11 Å². The second-order valence-corrected chi connectivity index (χ2v) is 4.83. The van der Waals surface area contributed by atoms with Crippen LogP contribution < -0.4 is 0 Å². The predicted octanol–water partition coefficient (Wildman–Crippen LogP) is 1.68. The maximum atomic E-state index is 10.6. The van der Waals surface area contributed by atoms with Crippen LogP contribution in [0.2, 0.25) is 0 Å². The summed E-state index contributed by atoms with van der Waals surface area (Å²) in [5.74, 6) is 0. The van der Waals surface area contributed by atoms with E-state index in [-0.39, 0.29) is 17.6 Å². The highest BCUT2D eigenvalue weighted by atomic mass is 16.6. The number of ether oxygens (including phenoxy) is 1. The first-order valence-corrected chi connectivity index (χ1v) is 5.02. The lowest BCUT2D eigenvalue weighted by molar-refractivity contribution is -0.122. The maximum Gasteiger partial charge on any atom is 0.126 e. The monoisotopic (exact) mass is 190 g/mol. The molecule has 14 heavy (non-hydrogen) atoms. The number of rotatable bonds is 1. The first-order chi connectivity index (χ1) is 6.58. The van der Waals surface area contributed by atoms with Gasteiger partial charge in [0, 0.05) is 5.41 Å². The summed E-state index contributed by atoms with van der Waals surface area (Å²) < 4.78 is 5.46. The second-order valence-electron chi connectivity index (χ2n) is 4.83. The normalized spacial score (nSPS) is 42.5. The summed E-state index contributed by atoms with van der Waals surface area (Å²) in [5, 5.41) is 10.6. The second kappa shape index (κ2) is 2.20. The van der Waals surface area contributed by atoms with Gasteiger partial charge in [0.1, 0.15) is 11.7 Å². The van der Waals surface area contributed by atoms with Crippen molar-refractivity contribution < 1.29 is 9.84 Å². The van der Waals surface area contributed by atoms with Crippen molar-refractivity contribution in [1.82, 2.24) is 0 Å². The van der Waals surface area contributed by atoms with Crippen molar-refractivity contribution in [2.24, 2.45) is 5.41 Å². The third kappa shape index (κ3) is 0.711. The van der Waals surface area contributed by atoms with Gasteiger partial charge >= 0.3 is 0 Å². The van der Waals surface area contributed by atoms with Crippen molar-refractivity contribution in [2.75, 3.05) is 0 Å². The molecule has 1 saturated carbocycles. The number of aliphatic hydroxyl groups is 1. The predicted molar refractivity (Wildman–Crippen MR) is 52.8 cm³/mol. The van der Waals surface area contributed by atoms with E-state index in [1.807, 2.05) is 30.3 Å². The first-order valence-electron chi connectivity index (χ1n) is 5.02. The quantitative estimate of drug-likeness (QED) is 0.683.